The first-order valence-corrected chi connectivity index (χ1v) is 14.1. The predicted octanol–water partition coefficient (Wildman–Crippen LogP) is -0.713. The summed E-state index contributed by atoms with van der Waals surface area (Å²) in [6.07, 6.45) is -12.3. The number of aliphatic hydroxyl groups excluding tert-OH is 5. The van der Waals surface area contributed by atoms with Gasteiger partial charge in [-0.25, -0.2) is 4.79 Å². The van der Waals surface area contributed by atoms with Crippen LogP contribution in [0.2, 0.25) is 0 Å². The van der Waals surface area contributed by atoms with Crippen LogP contribution in [0, 0.1) is 0 Å². The van der Waals surface area contributed by atoms with Gasteiger partial charge < -0.3 is 69.3 Å². The SMILES string of the molecule is COc1ccc(C=CC(=O)OC[C@H]2O[C@@H](OCCc3ccc(O)c(O)c3)[C@H](O)[C@H](O[C@@H]3O[C@H](C)[C@H](O)[C@@H](O)[C@H]3O)[C@@H]2O)cc1O. The Labute approximate surface area is 258 Å². The van der Waals surface area contributed by atoms with Crippen molar-refractivity contribution < 1.29 is 74.1 Å². The van der Waals surface area contributed by atoms with Crippen molar-refractivity contribution in [2.24, 2.45) is 0 Å². The largest absolute Gasteiger partial charge is 0.504 e. The predicted molar refractivity (Wildman–Crippen MR) is 152 cm³/mol. The molecule has 2 heterocycles. The van der Waals surface area contributed by atoms with Crippen molar-refractivity contribution in [3.8, 4) is 23.0 Å². The third kappa shape index (κ3) is 8.40. The molecule has 45 heavy (non-hydrogen) atoms. The molecular weight excluding hydrogens is 600 g/mol. The van der Waals surface area contributed by atoms with Crippen molar-refractivity contribution in [3.05, 3.63) is 53.6 Å². The van der Waals surface area contributed by atoms with Crippen LogP contribution in [0.3, 0.4) is 0 Å². The maximum absolute atomic E-state index is 12.5. The monoisotopic (exact) mass is 638 g/mol. The van der Waals surface area contributed by atoms with Crippen molar-refractivity contribution in [1.29, 1.82) is 0 Å². The topological polar surface area (TPSA) is 234 Å². The number of carbonyl (C=O) groups excluding carboxylic acids is 1. The lowest BCUT2D eigenvalue weighted by atomic mass is 9.97. The van der Waals surface area contributed by atoms with Crippen LogP contribution in [0.25, 0.3) is 6.08 Å². The maximum Gasteiger partial charge on any atom is 0.330 e. The number of hydrogen-bond donors (Lipinski definition) is 8. The summed E-state index contributed by atoms with van der Waals surface area (Å²) in [7, 11) is 1.40. The Balaban J connectivity index is 1.44. The standard InChI is InChI=1S/C30H38O15/c1-14-23(35)25(37)26(38)30(43-14)45-28-24(36)21(13-42-22(34)8-5-15-4-7-20(40-2)19(33)12-15)44-29(27(28)39)41-10-9-16-3-6-17(31)18(32)11-16/h3-8,11-12,14,21,23-33,35-39H,9-10,13H2,1-2H3/t14-,21-,23+,24-,25-,26-,27-,28-,29-,30+/m1/s1. The first kappa shape index (κ1) is 34.4. The Morgan fingerprint density at radius 2 is 1.60 bits per heavy atom. The fourth-order valence-corrected chi connectivity index (χ4v) is 4.82. The second-order valence-electron chi connectivity index (χ2n) is 10.6. The maximum atomic E-state index is 12.5. The lowest BCUT2D eigenvalue weighted by molar-refractivity contribution is -0.357. The minimum Gasteiger partial charge on any atom is -0.504 e. The highest BCUT2D eigenvalue weighted by molar-refractivity contribution is 5.87. The molecule has 0 unspecified atom stereocenters. The van der Waals surface area contributed by atoms with E-state index in [-0.39, 0.29) is 36.0 Å². The smallest absolute Gasteiger partial charge is 0.330 e. The molecule has 2 aliphatic rings. The number of ether oxygens (including phenoxy) is 6. The summed E-state index contributed by atoms with van der Waals surface area (Å²) in [5.41, 5.74) is 1.06. The fraction of sp³-hybridized carbons (Fsp3) is 0.500. The molecule has 2 aromatic carbocycles. The molecule has 0 radical (unpaired) electrons. The average Bonchev–Trinajstić information content (AvgIpc) is 3.01. The summed E-state index contributed by atoms with van der Waals surface area (Å²) in [4.78, 5) is 12.5. The Morgan fingerprint density at radius 3 is 2.29 bits per heavy atom. The summed E-state index contributed by atoms with van der Waals surface area (Å²) in [6.45, 7) is 0.842. The van der Waals surface area contributed by atoms with Crippen LogP contribution in [-0.4, -0.2) is 129 Å². The third-order valence-corrected chi connectivity index (χ3v) is 7.46. The Kier molecular flexibility index (Phi) is 11.6. The highest BCUT2D eigenvalue weighted by Gasteiger charge is 2.50. The van der Waals surface area contributed by atoms with Gasteiger partial charge in [0.2, 0.25) is 0 Å². The van der Waals surface area contributed by atoms with Gasteiger partial charge in [0.25, 0.3) is 0 Å². The normalized spacial score (nSPS) is 32.0. The van der Waals surface area contributed by atoms with Crippen LogP contribution in [0.15, 0.2) is 42.5 Å². The third-order valence-electron chi connectivity index (χ3n) is 7.46. The summed E-state index contributed by atoms with van der Waals surface area (Å²) in [5.74, 6) is -1.33. The number of aliphatic hydroxyl groups is 5. The molecule has 0 spiro atoms. The van der Waals surface area contributed by atoms with E-state index in [0.717, 1.165) is 6.08 Å². The van der Waals surface area contributed by atoms with E-state index >= 15 is 0 Å². The van der Waals surface area contributed by atoms with E-state index in [1.165, 1.54) is 44.4 Å². The molecule has 0 aromatic heterocycles. The quantitative estimate of drug-likeness (QED) is 0.0862. The van der Waals surface area contributed by atoms with Gasteiger partial charge in [0, 0.05) is 6.08 Å². The van der Waals surface area contributed by atoms with E-state index in [1.807, 2.05) is 0 Å². The van der Waals surface area contributed by atoms with Crippen molar-refractivity contribution in [2.45, 2.75) is 74.8 Å². The number of esters is 1. The number of hydrogen-bond acceptors (Lipinski definition) is 15. The lowest BCUT2D eigenvalue weighted by Gasteiger charge is -2.45. The van der Waals surface area contributed by atoms with Gasteiger partial charge in [-0.05, 0) is 54.8 Å². The van der Waals surface area contributed by atoms with E-state index in [9.17, 15) is 45.6 Å². The summed E-state index contributed by atoms with van der Waals surface area (Å²) < 4.78 is 32.8. The number of benzene rings is 2. The van der Waals surface area contributed by atoms with Crippen LogP contribution in [-0.2, 0) is 34.9 Å². The number of phenols is 3. The van der Waals surface area contributed by atoms with E-state index < -0.39 is 74.0 Å². The van der Waals surface area contributed by atoms with E-state index in [2.05, 4.69) is 0 Å². The molecule has 10 atom stereocenters. The van der Waals surface area contributed by atoms with E-state index in [4.69, 9.17) is 28.4 Å². The molecule has 248 valence electrons. The molecule has 0 amide bonds. The van der Waals surface area contributed by atoms with Gasteiger partial charge in [-0.2, -0.15) is 0 Å². The zero-order valence-corrected chi connectivity index (χ0v) is 24.4. The molecule has 2 fully saturated rings. The van der Waals surface area contributed by atoms with Gasteiger partial charge >= 0.3 is 5.97 Å². The van der Waals surface area contributed by atoms with Crippen LogP contribution >= 0.6 is 0 Å². The summed E-state index contributed by atoms with van der Waals surface area (Å²) >= 11 is 0. The number of methoxy groups -OCH3 is 1. The van der Waals surface area contributed by atoms with Crippen molar-refractivity contribution >= 4 is 12.0 Å². The van der Waals surface area contributed by atoms with Crippen LogP contribution in [0.5, 0.6) is 23.0 Å². The van der Waals surface area contributed by atoms with E-state index in [1.54, 1.807) is 12.1 Å². The van der Waals surface area contributed by atoms with Crippen molar-refractivity contribution in [3.63, 3.8) is 0 Å². The number of aromatic hydroxyl groups is 3. The number of carbonyl (C=O) groups is 1. The van der Waals surface area contributed by atoms with Gasteiger partial charge in [-0.3, -0.25) is 0 Å². The van der Waals surface area contributed by atoms with Crippen LogP contribution < -0.4 is 4.74 Å². The van der Waals surface area contributed by atoms with Gasteiger partial charge in [0.15, 0.2) is 35.6 Å². The second kappa shape index (κ2) is 15.2. The van der Waals surface area contributed by atoms with Crippen LogP contribution in [0.4, 0.5) is 0 Å². The highest BCUT2D eigenvalue weighted by atomic mass is 16.7. The molecule has 4 rings (SSSR count). The first-order chi connectivity index (χ1) is 21.4. The molecule has 15 heteroatoms. The molecule has 8 N–H and O–H groups in total. The zero-order valence-electron chi connectivity index (χ0n) is 24.4. The number of phenolic OH excluding ortho intramolecular Hbond substituents is 3. The molecule has 15 nitrogen and oxygen atoms in total. The van der Waals surface area contributed by atoms with Gasteiger partial charge in [-0.1, -0.05) is 12.1 Å². The Bertz CT molecular complexity index is 1320. The molecule has 0 aliphatic carbocycles. The average molecular weight is 639 g/mol. The minimum absolute atomic E-state index is 0.0663. The molecule has 0 saturated carbocycles. The molecular formula is C30H38O15. The molecule has 2 saturated heterocycles. The molecule has 2 aliphatic heterocycles. The molecule has 0 bridgehead atoms. The van der Waals surface area contributed by atoms with Crippen molar-refractivity contribution in [1.82, 2.24) is 0 Å². The summed E-state index contributed by atoms with van der Waals surface area (Å²) in [5, 5.41) is 81.9. The van der Waals surface area contributed by atoms with Gasteiger partial charge in [0.1, 0.15) is 49.3 Å². The van der Waals surface area contributed by atoms with E-state index in [0.29, 0.717) is 11.1 Å². The van der Waals surface area contributed by atoms with Gasteiger partial charge in [-0.15, -0.1) is 0 Å². The fourth-order valence-electron chi connectivity index (χ4n) is 4.82. The minimum atomic E-state index is -1.74. The second-order valence-corrected chi connectivity index (χ2v) is 10.6. The summed E-state index contributed by atoms with van der Waals surface area (Å²) in [6, 6.07) is 8.67. The highest BCUT2D eigenvalue weighted by Crippen LogP contribution is 2.31. The zero-order chi connectivity index (χ0) is 32.8. The van der Waals surface area contributed by atoms with Gasteiger partial charge in [0.05, 0.1) is 19.8 Å². The Morgan fingerprint density at radius 1 is 0.844 bits per heavy atom. The molecule has 2 aromatic rings. The number of rotatable bonds is 11. The lowest BCUT2D eigenvalue weighted by Crippen LogP contribution is -2.64. The first-order valence-electron chi connectivity index (χ1n) is 14.1. The van der Waals surface area contributed by atoms with Crippen LogP contribution in [0.1, 0.15) is 18.1 Å². The Hall–Kier alpha value is -3.51. The van der Waals surface area contributed by atoms with Crippen molar-refractivity contribution in [2.75, 3.05) is 20.3 Å².